The molecule has 1 fully saturated rings. The Labute approximate surface area is 129 Å². The average Bonchev–Trinajstić information content (AvgIpc) is 3.18. The lowest BCUT2D eigenvalue weighted by Gasteiger charge is -2.28. The van der Waals surface area contributed by atoms with Gasteiger partial charge in [0.2, 0.25) is 0 Å². The number of nitrogen functional groups attached to an aromatic ring is 1. The molecule has 0 unspecified atom stereocenters. The molecule has 2 heterocycles. The van der Waals surface area contributed by atoms with Gasteiger partial charge in [-0.2, -0.15) is 11.8 Å². The second kappa shape index (κ2) is 5.02. The van der Waals surface area contributed by atoms with Crippen molar-refractivity contribution in [1.29, 1.82) is 0 Å². The second-order valence-electron chi connectivity index (χ2n) is 6.01. The fourth-order valence-corrected chi connectivity index (χ4v) is 4.72. The third kappa shape index (κ3) is 2.04. The van der Waals surface area contributed by atoms with Crippen molar-refractivity contribution < 1.29 is 0 Å². The van der Waals surface area contributed by atoms with Gasteiger partial charge < -0.3 is 5.73 Å². The first-order chi connectivity index (χ1) is 10.3. The number of rotatable bonds is 2. The Morgan fingerprint density at radius 1 is 1.00 bits per heavy atom. The Morgan fingerprint density at radius 2 is 1.76 bits per heavy atom. The van der Waals surface area contributed by atoms with Gasteiger partial charge in [0, 0.05) is 17.1 Å². The summed E-state index contributed by atoms with van der Waals surface area (Å²) in [5.74, 6) is 3.58. The monoisotopic (exact) mass is 297 g/mol. The van der Waals surface area contributed by atoms with E-state index in [1.54, 1.807) is 0 Å². The van der Waals surface area contributed by atoms with Gasteiger partial charge in [0.05, 0.1) is 11.1 Å². The number of nitrogens with zero attached hydrogens (tertiary/aromatic N) is 2. The Hall–Kier alpha value is -1.55. The van der Waals surface area contributed by atoms with Gasteiger partial charge in [-0.05, 0) is 18.4 Å². The molecule has 0 spiro atoms. The predicted octanol–water partition coefficient (Wildman–Crippen LogP) is 3.67. The molecule has 0 radical (unpaired) electrons. The Morgan fingerprint density at radius 3 is 2.52 bits per heavy atom. The first kappa shape index (κ1) is 13.1. The Bertz CT molecular complexity index is 663. The summed E-state index contributed by atoms with van der Waals surface area (Å²) < 4.78 is 0. The molecular weight excluding hydrogens is 278 g/mol. The molecule has 2 N–H and O–H groups in total. The summed E-state index contributed by atoms with van der Waals surface area (Å²) in [6, 6.07) is 10.7. The van der Waals surface area contributed by atoms with Gasteiger partial charge in [0.25, 0.3) is 0 Å². The van der Waals surface area contributed by atoms with Crippen molar-refractivity contribution in [1.82, 2.24) is 9.97 Å². The highest BCUT2D eigenvalue weighted by Crippen LogP contribution is 2.46. The molecule has 1 saturated carbocycles. The molecule has 2 aliphatic rings. The normalized spacial score (nSPS) is 19.6. The molecule has 1 aromatic heterocycles. The molecule has 108 valence electrons. The summed E-state index contributed by atoms with van der Waals surface area (Å²) in [5.41, 5.74) is 9.84. The molecule has 1 aliphatic heterocycles. The molecular formula is C17H19N3S. The smallest absolute Gasteiger partial charge is 0.141 e. The van der Waals surface area contributed by atoms with E-state index in [0.717, 1.165) is 41.4 Å². The van der Waals surface area contributed by atoms with Crippen LogP contribution < -0.4 is 5.73 Å². The van der Waals surface area contributed by atoms with Crippen LogP contribution in [0.3, 0.4) is 0 Å². The van der Waals surface area contributed by atoms with Crippen LogP contribution >= 0.6 is 11.8 Å². The van der Waals surface area contributed by atoms with Crippen LogP contribution in [0.5, 0.6) is 0 Å². The van der Waals surface area contributed by atoms with Crippen molar-refractivity contribution >= 4 is 17.6 Å². The van der Waals surface area contributed by atoms with E-state index in [1.807, 2.05) is 11.8 Å². The highest BCUT2D eigenvalue weighted by Gasteiger charge is 2.40. The van der Waals surface area contributed by atoms with E-state index in [-0.39, 0.29) is 5.41 Å². The summed E-state index contributed by atoms with van der Waals surface area (Å²) in [6.45, 7) is 0. The number of hydrogen-bond acceptors (Lipinski definition) is 4. The third-order valence-electron chi connectivity index (χ3n) is 4.82. The first-order valence-corrected chi connectivity index (χ1v) is 8.74. The van der Waals surface area contributed by atoms with Crippen molar-refractivity contribution in [2.75, 3.05) is 5.73 Å². The van der Waals surface area contributed by atoms with Crippen molar-refractivity contribution in [3.05, 3.63) is 53.0 Å². The number of anilines is 1. The molecule has 3 nitrogen and oxygen atoms in total. The predicted molar refractivity (Wildman–Crippen MR) is 87.1 cm³/mol. The topological polar surface area (TPSA) is 51.8 Å². The van der Waals surface area contributed by atoms with Crippen LogP contribution in [-0.4, -0.2) is 9.97 Å². The van der Waals surface area contributed by atoms with Gasteiger partial charge in [-0.3, -0.25) is 0 Å². The van der Waals surface area contributed by atoms with E-state index < -0.39 is 0 Å². The summed E-state index contributed by atoms with van der Waals surface area (Å²) >= 11 is 1.88. The van der Waals surface area contributed by atoms with Crippen LogP contribution in [0, 0.1) is 0 Å². The maximum absolute atomic E-state index is 6.21. The maximum Gasteiger partial charge on any atom is 0.141 e. The van der Waals surface area contributed by atoms with Crippen molar-refractivity contribution in [3.63, 3.8) is 0 Å². The minimum atomic E-state index is -0.0301. The molecule has 4 rings (SSSR count). The number of nitrogens with two attached hydrogens (primary N) is 1. The van der Waals surface area contributed by atoms with Crippen LogP contribution in [0.25, 0.3) is 0 Å². The molecule has 1 aromatic carbocycles. The average molecular weight is 297 g/mol. The number of hydrogen-bond donors (Lipinski definition) is 1. The van der Waals surface area contributed by atoms with Gasteiger partial charge in [-0.15, -0.1) is 0 Å². The zero-order valence-corrected chi connectivity index (χ0v) is 12.8. The fourth-order valence-electron chi connectivity index (χ4n) is 3.67. The lowest BCUT2D eigenvalue weighted by atomic mass is 9.78. The maximum atomic E-state index is 6.21. The van der Waals surface area contributed by atoms with Crippen LogP contribution in [0.2, 0.25) is 0 Å². The van der Waals surface area contributed by atoms with Gasteiger partial charge in [0.15, 0.2) is 0 Å². The molecule has 0 saturated heterocycles. The van der Waals surface area contributed by atoms with Gasteiger partial charge in [-0.1, -0.05) is 43.2 Å². The van der Waals surface area contributed by atoms with E-state index in [9.17, 15) is 0 Å². The minimum absolute atomic E-state index is 0.0301. The molecule has 4 heteroatoms. The number of benzene rings is 1. The Balaban J connectivity index is 1.88. The van der Waals surface area contributed by atoms with Crippen molar-refractivity contribution in [2.24, 2.45) is 0 Å². The summed E-state index contributed by atoms with van der Waals surface area (Å²) in [5, 5.41) is 0. The zero-order chi connectivity index (χ0) is 14.3. The Kier molecular flexibility index (Phi) is 3.14. The van der Waals surface area contributed by atoms with E-state index in [4.69, 9.17) is 15.7 Å². The van der Waals surface area contributed by atoms with Gasteiger partial charge in [0.1, 0.15) is 11.6 Å². The second-order valence-corrected chi connectivity index (χ2v) is 6.99. The van der Waals surface area contributed by atoms with Crippen LogP contribution in [0.15, 0.2) is 30.3 Å². The van der Waals surface area contributed by atoms with E-state index in [2.05, 4.69) is 30.3 Å². The largest absolute Gasteiger partial charge is 0.383 e. The molecule has 0 atom stereocenters. The number of fused-ring (bicyclic) bond motifs is 1. The van der Waals surface area contributed by atoms with E-state index in [1.165, 1.54) is 18.4 Å². The van der Waals surface area contributed by atoms with Crippen LogP contribution in [0.1, 0.15) is 48.3 Å². The van der Waals surface area contributed by atoms with E-state index in [0.29, 0.717) is 5.82 Å². The zero-order valence-electron chi connectivity index (χ0n) is 12.0. The molecule has 0 amide bonds. The summed E-state index contributed by atoms with van der Waals surface area (Å²) in [7, 11) is 0. The minimum Gasteiger partial charge on any atom is -0.383 e. The molecule has 0 bridgehead atoms. The molecule has 1 aliphatic carbocycles. The number of thioether (sulfide) groups is 1. The highest BCUT2D eigenvalue weighted by molar-refractivity contribution is 7.98. The van der Waals surface area contributed by atoms with Gasteiger partial charge in [-0.25, -0.2) is 9.97 Å². The molecule has 21 heavy (non-hydrogen) atoms. The van der Waals surface area contributed by atoms with Crippen molar-refractivity contribution in [3.8, 4) is 0 Å². The molecule has 2 aromatic rings. The lowest BCUT2D eigenvalue weighted by molar-refractivity contribution is 0.498. The quantitative estimate of drug-likeness (QED) is 0.919. The lowest BCUT2D eigenvalue weighted by Crippen LogP contribution is -2.28. The summed E-state index contributed by atoms with van der Waals surface area (Å²) in [4.78, 5) is 9.66. The van der Waals surface area contributed by atoms with Gasteiger partial charge >= 0.3 is 0 Å². The summed E-state index contributed by atoms with van der Waals surface area (Å²) in [6.07, 6.45) is 4.73. The SMILES string of the molecule is Nc1nc(C2(c3ccccc3)CCCC2)nc2c1CSC2. The first-order valence-electron chi connectivity index (χ1n) is 7.59. The fraction of sp³-hybridized carbons (Fsp3) is 0.412. The highest BCUT2D eigenvalue weighted by atomic mass is 32.2. The number of aromatic nitrogens is 2. The van der Waals surface area contributed by atoms with Crippen molar-refractivity contribution in [2.45, 2.75) is 42.6 Å². The standard InChI is InChI=1S/C17H19N3S/c18-15-13-10-21-11-14(13)19-16(20-15)17(8-4-5-9-17)12-6-2-1-3-7-12/h1-3,6-7H,4-5,8-11H2,(H2,18,19,20). The van der Waals surface area contributed by atoms with Crippen LogP contribution in [-0.2, 0) is 16.9 Å². The third-order valence-corrected chi connectivity index (χ3v) is 5.79. The van der Waals surface area contributed by atoms with Crippen LogP contribution in [0.4, 0.5) is 5.82 Å². The van der Waals surface area contributed by atoms with E-state index >= 15 is 0 Å².